The molecule has 2 rings (SSSR count). The van der Waals surface area contributed by atoms with Crippen molar-refractivity contribution in [3.63, 3.8) is 0 Å². The van der Waals surface area contributed by atoms with Crippen molar-refractivity contribution >= 4 is 12.1 Å². The highest BCUT2D eigenvalue weighted by Crippen LogP contribution is 2.45. The Morgan fingerprint density at radius 1 is 1.36 bits per heavy atom. The van der Waals surface area contributed by atoms with E-state index < -0.39 is 17.8 Å². The highest BCUT2D eigenvalue weighted by atomic mass is 16.7. The third-order valence-corrected chi connectivity index (χ3v) is 2.63. The lowest BCUT2D eigenvalue weighted by atomic mass is 10.3. The number of amides is 1. The summed E-state index contributed by atoms with van der Waals surface area (Å²) in [7, 11) is 0. The van der Waals surface area contributed by atoms with Gasteiger partial charge < -0.3 is 24.3 Å². The average Bonchev–Trinajstić information content (AvgIpc) is 2.78. The number of rotatable bonds is 5. The summed E-state index contributed by atoms with van der Waals surface area (Å²) in [6.45, 7) is 6.92. The molecule has 0 aromatic heterocycles. The second-order valence-electron chi connectivity index (χ2n) is 4.88. The van der Waals surface area contributed by atoms with Gasteiger partial charge in [0.25, 0.3) is 0 Å². The van der Waals surface area contributed by atoms with E-state index in [1.165, 1.54) is 0 Å². The van der Waals surface area contributed by atoms with Crippen LogP contribution in [0.5, 0.6) is 17.2 Å². The van der Waals surface area contributed by atoms with E-state index in [2.05, 4.69) is 11.9 Å². The number of carbonyl (C=O) groups excluding carboxylic acids is 2. The Balaban J connectivity index is 1.87. The lowest BCUT2D eigenvalue weighted by molar-refractivity contribution is -0.137. The lowest BCUT2D eigenvalue weighted by Gasteiger charge is -2.16. The Bertz CT molecular complexity index is 596. The largest absolute Gasteiger partial charge is 0.461 e. The normalized spacial score (nSPS) is 14.1. The summed E-state index contributed by atoms with van der Waals surface area (Å²) >= 11 is 0. The maximum absolute atomic E-state index is 11.7. The van der Waals surface area contributed by atoms with Crippen molar-refractivity contribution in [2.24, 2.45) is 0 Å². The van der Waals surface area contributed by atoms with Crippen LogP contribution >= 0.6 is 0 Å². The Morgan fingerprint density at radius 3 is 2.86 bits per heavy atom. The smallest absolute Gasteiger partial charge is 0.412 e. The highest BCUT2D eigenvalue weighted by molar-refractivity contribution is 5.81. The summed E-state index contributed by atoms with van der Waals surface area (Å²) in [5.74, 6) is -0.222. The molecule has 0 radical (unpaired) electrons. The first kappa shape index (κ1) is 15.7. The molecule has 0 saturated carbocycles. The first-order valence-electron chi connectivity index (χ1n) is 6.67. The molecule has 0 aliphatic carbocycles. The van der Waals surface area contributed by atoms with Crippen LogP contribution in [0.3, 0.4) is 0 Å². The minimum absolute atomic E-state index is 0.0273. The average molecular weight is 307 g/mol. The molecule has 0 atom stereocenters. The molecule has 1 aromatic carbocycles. The van der Waals surface area contributed by atoms with Gasteiger partial charge in [-0.05, 0) is 12.1 Å². The molecule has 1 N–H and O–H groups in total. The second kappa shape index (κ2) is 6.38. The van der Waals surface area contributed by atoms with Crippen LogP contribution in [-0.2, 0) is 9.53 Å². The van der Waals surface area contributed by atoms with Crippen molar-refractivity contribution in [3.05, 3.63) is 30.9 Å². The number of fused-ring (bicyclic) bond motifs is 1. The van der Waals surface area contributed by atoms with Crippen LogP contribution in [0.15, 0.2) is 30.9 Å². The summed E-state index contributed by atoms with van der Waals surface area (Å²) in [5, 5.41) is 2.45. The number of hydrogen-bond acceptors (Lipinski definition) is 6. The van der Waals surface area contributed by atoms with E-state index in [1.54, 1.807) is 32.0 Å². The van der Waals surface area contributed by atoms with Crippen LogP contribution in [0.25, 0.3) is 0 Å². The Hall–Kier alpha value is -2.70. The van der Waals surface area contributed by atoms with E-state index in [4.69, 9.17) is 18.9 Å². The maximum Gasteiger partial charge on any atom is 0.412 e. The van der Waals surface area contributed by atoms with Gasteiger partial charge in [-0.25, -0.2) is 9.59 Å². The van der Waals surface area contributed by atoms with Crippen LogP contribution in [0, 0.1) is 0 Å². The van der Waals surface area contributed by atoms with Crippen molar-refractivity contribution in [2.45, 2.75) is 19.6 Å². The molecule has 0 fully saturated rings. The Labute approximate surface area is 127 Å². The minimum Gasteiger partial charge on any atom is -0.461 e. The summed E-state index contributed by atoms with van der Waals surface area (Å²) in [6, 6.07) is 5.02. The summed E-state index contributed by atoms with van der Waals surface area (Å²) in [6.07, 6.45) is 0.362. The fourth-order valence-electron chi connectivity index (χ4n) is 1.79. The van der Waals surface area contributed by atoms with Gasteiger partial charge in [-0.2, -0.15) is 0 Å². The van der Waals surface area contributed by atoms with Crippen LogP contribution in [0.1, 0.15) is 13.8 Å². The van der Waals surface area contributed by atoms with Crippen molar-refractivity contribution in [1.82, 2.24) is 5.32 Å². The standard InChI is InChI=1S/C15H17NO6/c1-4-12(17)19-9-8-16-14(18)20-10-6-5-7-11-13(10)22-15(2,3)21-11/h4-7H,1,8-9H2,2-3H3,(H,16,18). The number of carbonyl (C=O) groups is 2. The summed E-state index contributed by atoms with van der Waals surface area (Å²) in [5.41, 5.74) is 0. The fraction of sp³-hybridized carbons (Fsp3) is 0.333. The molecule has 22 heavy (non-hydrogen) atoms. The lowest BCUT2D eigenvalue weighted by Crippen LogP contribution is -2.31. The number of hydrogen-bond donors (Lipinski definition) is 1. The molecule has 1 amide bonds. The van der Waals surface area contributed by atoms with Gasteiger partial charge >= 0.3 is 12.1 Å². The third-order valence-electron chi connectivity index (χ3n) is 2.63. The quantitative estimate of drug-likeness (QED) is 0.509. The fourth-order valence-corrected chi connectivity index (χ4v) is 1.79. The van der Waals surface area contributed by atoms with E-state index in [1.807, 2.05) is 0 Å². The molecule has 118 valence electrons. The molecule has 1 heterocycles. The molecule has 0 spiro atoms. The minimum atomic E-state index is -0.808. The van der Waals surface area contributed by atoms with E-state index in [0.717, 1.165) is 6.08 Å². The molecule has 1 aromatic rings. The SMILES string of the molecule is C=CC(=O)OCCNC(=O)Oc1cccc2c1OC(C)(C)O2. The van der Waals surface area contributed by atoms with Crippen molar-refractivity contribution in [2.75, 3.05) is 13.2 Å². The van der Waals surface area contributed by atoms with Gasteiger partial charge in [0.1, 0.15) is 6.61 Å². The van der Waals surface area contributed by atoms with Crippen LogP contribution in [0.2, 0.25) is 0 Å². The molecule has 0 saturated heterocycles. The summed E-state index contributed by atoms with van der Waals surface area (Å²) < 4.78 is 21.0. The van der Waals surface area contributed by atoms with E-state index in [9.17, 15) is 9.59 Å². The molecule has 1 aliphatic heterocycles. The van der Waals surface area contributed by atoms with Crippen molar-refractivity contribution in [1.29, 1.82) is 0 Å². The van der Waals surface area contributed by atoms with Crippen molar-refractivity contribution < 1.29 is 28.5 Å². The zero-order valence-electron chi connectivity index (χ0n) is 12.4. The monoisotopic (exact) mass is 307 g/mol. The van der Waals surface area contributed by atoms with Crippen LogP contribution < -0.4 is 19.5 Å². The van der Waals surface area contributed by atoms with Crippen LogP contribution in [-0.4, -0.2) is 31.0 Å². The molecule has 7 nitrogen and oxygen atoms in total. The first-order valence-corrected chi connectivity index (χ1v) is 6.67. The van der Waals surface area contributed by atoms with E-state index in [-0.39, 0.29) is 18.9 Å². The topological polar surface area (TPSA) is 83.1 Å². The second-order valence-corrected chi connectivity index (χ2v) is 4.88. The highest BCUT2D eigenvalue weighted by Gasteiger charge is 2.34. The van der Waals surface area contributed by atoms with E-state index >= 15 is 0 Å². The number of ether oxygens (including phenoxy) is 4. The number of para-hydroxylation sites is 1. The molecule has 0 unspecified atom stereocenters. The van der Waals surface area contributed by atoms with Gasteiger partial charge in [-0.15, -0.1) is 0 Å². The molecule has 0 bridgehead atoms. The van der Waals surface area contributed by atoms with Gasteiger partial charge in [0.15, 0.2) is 11.5 Å². The number of nitrogens with one attached hydrogen (secondary N) is 1. The molecular weight excluding hydrogens is 290 g/mol. The van der Waals surface area contributed by atoms with Gasteiger partial charge in [-0.3, -0.25) is 0 Å². The van der Waals surface area contributed by atoms with Gasteiger partial charge in [0, 0.05) is 19.9 Å². The Morgan fingerprint density at radius 2 is 2.14 bits per heavy atom. The van der Waals surface area contributed by atoms with Gasteiger partial charge in [0.2, 0.25) is 11.5 Å². The first-order chi connectivity index (χ1) is 10.4. The van der Waals surface area contributed by atoms with Gasteiger partial charge in [0.05, 0.1) is 6.54 Å². The number of esters is 1. The van der Waals surface area contributed by atoms with Crippen LogP contribution in [0.4, 0.5) is 4.79 Å². The predicted octanol–water partition coefficient (Wildman–Crippen LogP) is 2.01. The Kier molecular flexibility index (Phi) is 4.55. The zero-order chi connectivity index (χ0) is 16.2. The third kappa shape index (κ3) is 3.91. The van der Waals surface area contributed by atoms with E-state index in [0.29, 0.717) is 11.5 Å². The van der Waals surface area contributed by atoms with Gasteiger partial charge in [-0.1, -0.05) is 12.6 Å². The summed E-state index contributed by atoms with van der Waals surface area (Å²) in [4.78, 5) is 22.5. The molecular formula is C15H17NO6. The number of benzene rings is 1. The zero-order valence-corrected chi connectivity index (χ0v) is 12.4. The predicted molar refractivity (Wildman–Crippen MR) is 77.0 cm³/mol. The van der Waals surface area contributed by atoms with Crippen molar-refractivity contribution in [3.8, 4) is 17.2 Å². The maximum atomic E-state index is 11.7. The molecule has 7 heteroatoms. The molecule has 1 aliphatic rings.